The lowest BCUT2D eigenvalue weighted by Gasteiger charge is -2.34. The van der Waals surface area contributed by atoms with E-state index in [1.807, 2.05) is 9.80 Å². The average Bonchev–Trinajstić information content (AvgIpc) is 3.99. The molecular weight excluding hydrogens is 884 g/mol. The second kappa shape index (κ2) is 28.9. The van der Waals surface area contributed by atoms with Crippen LogP contribution in [-0.2, 0) is 60.9 Å². The van der Waals surface area contributed by atoms with Crippen LogP contribution in [0.25, 0.3) is 11.4 Å². The fourth-order valence-corrected chi connectivity index (χ4v) is 5.94. The van der Waals surface area contributed by atoms with Gasteiger partial charge in [0.1, 0.15) is 0 Å². The van der Waals surface area contributed by atoms with E-state index in [-0.39, 0.29) is 24.8 Å². The van der Waals surface area contributed by atoms with Gasteiger partial charge in [0, 0.05) is 104 Å². The molecule has 0 unspecified atom stereocenters. The summed E-state index contributed by atoms with van der Waals surface area (Å²) < 4.78 is 74.5. The molecule has 6 rings (SSSR count). The normalized spacial score (nSPS) is 13.7. The molecule has 0 aliphatic carbocycles. The second-order valence-corrected chi connectivity index (χ2v) is 14.1. The van der Waals surface area contributed by atoms with Gasteiger partial charge in [0.05, 0.1) is 49.2 Å². The van der Waals surface area contributed by atoms with Gasteiger partial charge in [-0.05, 0) is 36.4 Å². The second-order valence-electron chi connectivity index (χ2n) is 14.1. The molecule has 2 aromatic heterocycles. The number of piperazine rings is 2. The Morgan fingerprint density at radius 1 is 0.576 bits per heavy atom. The standard InChI is InChI=1S/2C18H22F2N4O2.2C3H4O4/c2*1-14(25)23-8-6-22(7-9-23)10-11-26-13-15-4-5-24(21-15)16-2-3-17(19)18(20)12-16;2*4-2-7-1-3(5)6/h2*2-5,12H,6-11,13H2,1H3;2*2H,1H2,(H,5,6). The number of carboxylic acids is 2. The molecule has 0 saturated carbocycles. The zero-order valence-corrected chi connectivity index (χ0v) is 36.3. The Morgan fingerprint density at radius 3 is 1.23 bits per heavy atom. The van der Waals surface area contributed by atoms with Gasteiger partial charge in [-0.1, -0.05) is 0 Å². The summed E-state index contributed by atoms with van der Waals surface area (Å²) in [5.41, 5.74) is 2.35. The van der Waals surface area contributed by atoms with Crippen LogP contribution in [-0.4, -0.2) is 178 Å². The predicted molar refractivity (Wildman–Crippen MR) is 223 cm³/mol. The molecule has 2 fully saturated rings. The number of ether oxygens (including phenoxy) is 4. The van der Waals surface area contributed by atoms with E-state index in [0.29, 0.717) is 37.8 Å². The summed E-state index contributed by atoms with van der Waals surface area (Å²) in [5, 5.41) is 24.1. The summed E-state index contributed by atoms with van der Waals surface area (Å²) in [7, 11) is 0. The smallest absolute Gasteiger partial charge is 0.341 e. The summed E-state index contributed by atoms with van der Waals surface area (Å²) in [4.78, 5) is 68.2. The first-order valence-electron chi connectivity index (χ1n) is 20.2. The van der Waals surface area contributed by atoms with E-state index >= 15 is 0 Å². The van der Waals surface area contributed by atoms with Crippen LogP contribution in [0.5, 0.6) is 0 Å². The molecule has 0 bridgehead atoms. The van der Waals surface area contributed by atoms with Crippen molar-refractivity contribution >= 4 is 36.7 Å². The van der Waals surface area contributed by atoms with Crippen LogP contribution in [0.3, 0.4) is 0 Å². The maximum atomic E-state index is 13.3. The Bertz CT molecular complexity index is 2010. The molecule has 2 saturated heterocycles. The zero-order chi connectivity index (χ0) is 48.4. The minimum absolute atomic E-state index is 0.0914. The number of amides is 2. The van der Waals surface area contributed by atoms with Gasteiger partial charge in [-0.2, -0.15) is 10.2 Å². The summed E-state index contributed by atoms with van der Waals surface area (Å²) >= 11 is 0. The van der Waals surface area contributed by atoms with Gasteiger partial charge in [0.15, 0.2) is 36.5 Å². The number of aromatic nitrogens is 4. The van der Waals surface area contributed by atoms with Gasteiger partial charge in [-0.3, -0.25) is 29.0 Å². The molecule has 2 aliphatic heterocycles. The molecule has 360 valence electrons. The van der Waals surface area contributed by atoms with E-state index in [0.717, 1.165) is 101 Å². The first-order valence-corrected chi connectivity index (χ1v) is 20.2. The molecule has 0 spiro atoms. The Hall–Kier alpha value is -6.76. The molecular formula is C42H52F4N8O12. The number of carboxylic acid groups (broad SMARTS) is 2. The van der Waals surface area contributed by atoms with Crippen LogP contribution in [0.2, 0.25) is 0 Å². The van der Waals surface area contributed by atoms with Crippen LogP contribution in [0.4, 0.5) is 17.6 Å². The third-order valence-corrected chi connectivity index (χ3v) is 9.41. The van der Waals surface area contributed by atoms with E-state index in [1.54, 1.807) is 38.4 Å². The maximum absolute atomic E-state index is 13.3. The van der Waals surface area contributed by atoms with Gasteiger partial charge >= 0.3 is 11.9 Å². The highest BCUT2D eigenvalue weighted by atomic mass is 19.2. The number of benzene rings is 2. The number of rotatable bonds is 18. The highest BCUT2D eigenvalue weighted by Crippen LogP contribution is 2.15. The number of hydrogen-bond donors (Lipinski definition) is 2. The molecule has 24 heteroatoms. The Kier molecular flexibility index (Phi) is 23.5. The summed E-state index contributed by atoms with van der Waals surface area (Å²) in [6, 6.07) is 10.9. The Morgan fingerprint density at radius 2 is 0.939 bits per heavy atom. The van der Waals surface area contributed by atoms with E-state index in [2.05, 4.69) is 29.5 Å². The molecule has 4 heterocycles. The largest absolute Gasteiger partial charge is 0.479 e. The van der Waals surface area contributed by atoms with Gasteiger partial charge in [0.25, 0.3) is 12.9 Å². The minimum Gasteiger partial charge on any atom is -0.479 e. The van der Waals surface area contributed by atoms with Gasteiger partial charge < -0.3 is 39.0 Å². The lowest BCUT2D eigenvalue weighted by atomic mass is 10.3. The van der Waals surface area contributed by atoms with Crippen molar-refractivity contribution in [1.82, 2.24) is 39.2 Å². The molecule has 0 atom stereocenters. The van der Waals surface area contributed by atoms with E-state index in [4.69, 9.17) is 19.7 Å². The number of halogens is 4. The number of carbonyl (C=O) groups excluding carboxylic acids is 4. The predicted octanol–water partition coefficient (Wildman–Crippen LogP) is 2.15. The molecule has 20 nitrogen and oxygen atoms in total. The van der Waals surface area contributed by atoms with Gasteiger partial charge in [-0.15, -0.1) is 0 Å². The third kappa shape index (κ3) is 20.0. The number of aliphatic carboxylic acids is 2. The van der Waals surface area contributed by atoms with Crippen LogP contribution in [0.1, 0.15) is 25.2 Å². The van der Waals surface area contributed by atoms with Crippen molar-refractivity contribution in [3.8, 4) is 11.4 Å². The SMILES string of the molecule is CC(=O)N1CCN(CCOCc2ccn(-c3ccc(F)c(F)c3)n2)CC1.CC(=O)N1CCN(CCOCc2ccn(-c3ccc(F)c(F)c3)n2)CC1.O=COCC(=O)O.O=COCC(=O)O. The monoisotopic (exact) mass is 936 g/mol. The van der Waals surface area contributed by atoms with Crippen molar-refractivity contribution in [2.75, 3.05) is 91.9 Å². The van der Waals surface area contributed by atoms with Gasteiger partial charge in [-0.25, -0.2) is 36.5 Å². The highest BCUT2D eigenvalue weighted by Gasteiger charge is 2.19. The summed E-state index contributed by atoms with van der Waals surface area (Å²) in [5.74, 6) is -5.61. The van der Waals surface area contributed by atoms with Crippen molar-refractivity contribution in [2.24, 2.45) is 0 Å². The summed E-state index contributed by atoms with van der Waals surface area (Å²) in [6.45, 7) is 12.2. The van der Waals surface area contributed by atoms with Crippen LogP contribution < -0.4 is 0 Å². The van der Waals surface area contributed by atoms with Crippen molar-refractivity contribution < 1.29 is 75.5 Å². The molecule has 0 radical (unpaired) electrons. The third-order valence-electron chi connectivity index (χ3n) is 9.41. The lowest BCUT2D eigenvalue weighted by Crippen LogP contribution is -2.48. The molecule has 2 aliphatic rings. The fourth-order valence-electron chi connectivity index (χ4n) is 5.94. The first kappa shape index (κ1) is 53.6. The Balaban J connectivity index is 0.000000273. The molecule has 2 aromatic carbocycles. The van der Waals surface area contributed by atoms with Gasteiger partial charge in [0.2, 0.25) is 11.8 Å². The number of nitrogens with zero attached hydrogens (tertiary/aromatic N) is 8. The molecule has 2 N–H and O–H groups in total. The number of carbonyl (C=O) groups is 6. The minimum atomic E-state index is -1.15. The van der Waals surface area contributed by atoms with E-state index in [9.17, 15) is 46.3 Å². The Labute approximate surface area is 376 Å². The van der Waals surface area contributed by atoms with Crippen LogP contribution in [0.15, 0.2) is 60.9 Å². The lowest BCUT2D eigenvalue weighted by molar-refractivity contribution is -0.147. The van der Waals surface area contributed by atoms with Crippen molar-refractivity contribution in [3.63, 3.8) is 0 Å². The number of hydrogen-bond acceptors (Lipinski definition) is 14. The van der Waals surface area contributed by atoms with Crippen molar-refractivity contribution in [1.29, 1.82) is 0 Å². The zero-order valence-electron chi connectivity index (χ0n) is 36.3. The topological polar surface area (TPSA) is 228 Å². The maximum Gasteiger partial charge on any atom is 0.341 e. The molecule has 4 aromatic rings. The van der Waals surface area contributed by atoms with Crippen molar-refractivity contribution in [2.45, 2.75) is 27.1 Å². The van der Waals surface area contributed by atoms with E-state index < -0.39 is 48.4 Å². The van der Waals surface area contributed by atoms with Crippen molar-refractivity contribution in [3.05, 3.63) is 95.6 Å². The first-order chi connectivity index (χ1) is 31.6. The van der Waals surface area contributed by atoms with Crippen LogP contribution in [0, 0.1) is 23.3 Å². The van der Waals surface area contributed by atoms with Crippen LogP contribution >= 0.6 is 0 Å². The highest BCUT2D eigenvalue weighted by molar-refractivity contribution is 5.73. The summed E-state index contributed by atoms with van der Waals surface area (Å²) in [6.07, 6.45) is 3.37. The average molecular weight is 937 g/mol. The van der Waals surface area contributed by atoms with E-state index in [1.165, 1.54) is 21.5 Å². The molecule has 66 heavy (non-hydrogen) atoms. The molecule has 2 amide bonds. The fraction of sp³-hybridized carbons (Fsp3) is 0.429. The quantitative estimate of drug-likeness (QED) is 0.0828.